The number of benzene rings is 1. The molecule has 48 heavy (non-hydrogen) atoms. The van der Waals surface area contributed by atoms with Crippen LogP contribution in [0.25, 0.3) is 0 Å². The smallest absolute Gasteiger partial charge is 0.306 e. The molecule has 1 saturated carbocycles. The molecule has 10 nitrogen and oxygen atoms in total. The van der Waals surface area contributed by atoms with Crippen LogP contribution in [0.5, 0.6) is 0 Å². The van der Waals surface area contributed by atoms with E-state index in [4.69, 9.17) is 9.47 Å². The van der Waals surface area contributed by atoms with Gasteiger partial charge in [-0.15, -0.1) is 13.2 Å². The number of esters is 1. The van der Waals surface area contributed by atoms with Gasteiger partial charge in [0.05, 0.1) is 36.6 Å². The number of nitrogens with one attached hydrogen (secondary N) is 1. The van der Waals surface area contributed by atoms with Gasteiger partial charge in [0.25, 0.3) is 0 Å². The maximum absolute atomic E-state index is 14.9. The van der Waals surface area contributed by atoms with Gasteiger partial charge < -0.3 is 29.7 Å². The van der Waals surface area contributed by atoms with Crippen molar-refractivity contribution in [2.75, 3.05) is 19.8 Å². The van der Waals surface area contributed by atoms with Crippen LogP contribution in [0.3, 0.4) is 0 Å². The van der Waals surface area contributed by atoms with Crippen molar-refractivity contribution in [1.29, 1.82) is 0 Å². The summed E-state index contributed by atoms with van der Waals surface area (Å²) in [7, 11) is 0. The van der Waals surface area contributed by atoms with Crippen LogP contribution in [0.4, 0.5) is 0 Å². The normalized spacial score (nSPS) is 27.8. The Bertz CT molecular complexity index is 1330. The second-order valence-electron chi connectivity index (χ2n) is 14.3. The van der Waals surface area contributed by atoms with Crippen LogP contribution in [0.2, 0.25) is 0 Å². The van der Waals surface area contributed by atoms with E-state index in [1.165, 1.54) is 0 Å². The highest BCUT2D eigenvalue weighted by atomic mass is 16.5. The van der Waals surface area contributed by atoms with Crippen molar-refractivity contribution in [1.82, 2.24) is 15.1 Å². The molecular formula is C38H53N3O7. The third-order valence-electron chi connectivity index (χ3n) is 10.7. The van der Waals surface area contributed by atoms with Crippen LogP contribution in [-0.4, -0.2) is 88.2 Å². The Hall–Kier alpha value is -3.50. The van der Waals surface area contributed by atoms with E-state index in [1.54, 1.807) is 17.1 Å². The number of carbonyl (C=O) groups excluding carboxylic acids is 4. The summed E-state index contributed by atoms with van der Waals surface area (Å²) in [6.45, 7) is 11.6. The van der Waals surface area contributed by atoms with E-state index < -0.39 is 47.6 Å². The van der Waals surface area contributed by atoms with Crippen LogP contribution < -0.4 is 5.32 Å². The Morgan fingerprint density at radius 1 is 1.12 bits per heavy atom. The van der Waals surface area contributed by atoms with Gasteiger partial charge in [0.2, 0.25) is 17.7 Å². The molecular weight excluding hydrogens is 610 g/mol. The molecule has 1 aromatic carbocycles. The largest absolute Gasteiger partial charge is 0.463 e. The van der Waals surface area contributed by atoms with Gasteiger partial charge in [0, 0.05) is 19.0 Å². The van der Waals surface area contributed by atoms with E-state index in [1.807, 2.05) is 49.1 Å². The number of hydrogen-bond acceptors (Lipinski definition) is 7. The van der Waals surface area contributed by atoms with Gasteiger partial charge in [-0.2, -0.15) is 0 Å². The molecule has 0 aromatic heterocycles. The SMILES string of the molecule is C=CCCC(=O)OC[C@@H](NC(=O)[C@@H]1[C@@H]2CC[C@]3(O2)[C@H](C(=O)N(CC=C)C2CCCCC2)N([C@@H](CO)CC(C)C)C(=O)[C@@H]13)c1ccccc1. The molecule has 10 heteroatoms. The van der Waals surface area contributed by atoms with Gasteiger partial charge in [0.15, 0.2) is 0 Å². The minimum Gasteiger partial charge on any atom is -0.463 e. The van der Waals surface area contributed by atoms with Gasteiger partial charge in [0.1, 0.15) is 18.2 Å². The molecule has 5 rings (SSSR count). The number of ether oxygens (including phenoxy) is 2. The van der Waals surface area contributed by atoms with Crippen LogP contribution >= 0.6 is 0 Å². The Balaban J connectivity index is 1.47. The number of aliphatic hydroxyl groups excluding tert-OH is 1. The first-order valence-electron chi connectivity index (χ1n) is 17.8. The summed E-state index contributed by atoms with van der Waals surface area (Å²) in [5, 5.41) is 13.7. The molecule has 1 aliphatic carbocycles. The van der Waals surface area contributed by atoms with E-state index >= 15 is 0 Å². The lowest BCUT2D eigenvalue weighted by molar-refractivity contribution is -0.153. The minimum absolute atomic E-state index is 0.0350. The van der Waals surface area contributed by atoms with Gasteiger partial charge in [-0.3, -0.25) is 19.2 Å². The number of aliphatic hydroxyl groups is 1. The average Bonchev–Trinajstić information content (AvgIpc) is 3.74. The lowest BCUT2D eigenvalue weighted by Gasteiger charge is -2.42. The lowest BCUT2D eigenvalue weighted by Crippen LogP contribution is -2.60. The van der Waals surface area contributed by atoms with E-state index in [0.29, 0.717) is 32.2 Å². The number of hydrogen-bond donors (Lipinski definition) is 2. The van der Waals surface area contributed by atoms with E-state index in [-0.39, 0.29) is 49.3 Å². The number of rotatable bonds is 16. The predicted octanol–water partition coefficient (Wildman–Crippen LogP) is 4.48. The zero-order chi connectivity index (χ0) is 34.4. The summed E-state index contributed by atoms with van der Waals surface area (Å²) >= 11 is 0. The molecule has 7 atom stereocenters. The molecule has 3 heterocycles. The highest BCUT2D eigenvalue weighted by Crippen LogP contribution is 2.59. The Kier molecular flexibility index (Phi) is 11.8. The minimum atomic E-state index is -1.18. The van der Waals surface area contributed by atoms with Crippen molar-refractivity contribution >= 4 is 23.7 Å². The third kappa shape index (κ3) is 7.10. The Morgan fingerprint density at radius 2 is 1.85 bits per heavy atom. The Morgan fingerprint density at radius 3 is 2.50 bits per heavy atom. The van der Waals surface area contributed by atoms with Crippen LogP contribution in [0.1, 0.15) is 89.7 Å². The third-order valence-corrected chi connectivity index (χ3v) is 10.7. The Labute approximate surface area is 284 Å². The van der Waals surface area contributed by atoms with Crippen molar-refractivity contribution in [2.45, 2.75) is 114 Å². The fourth-order valence-electron chi connectivity index (χ4n) is 8.63. The van der Waals surface area contributed by atoms with E-state index in [9.17, 15) is 24.3 Å². The maximum atomic E-state index is 14.9. The van der Waals surface area contributed by atoms with Gasteiger partial charge >= 0.3 is 5.97 Å². The number of likely N-dealkylation sites (tertiary alicyclic amines) is 1. The lowest BCUT2D eigenvalue weighted by atomic mass is 9.70. The summed E-state index contributed by atoms with van der Waals surface area (Å²) in [6.07, 6.45) is 10.0. The molecule has 2 bridgehead atoms. The van der Waals surface area contributed by atoms with Crippen LogP contribution in [0.15, 0.2) is 55.6 Å². The summed E-state index contributed by atoms with van der Waals surface area (Å²) in [5.41, 5.74) is -0.419. The predicted molar refractivity (Wildman–Crippen MR) is 181 cm³/mol. The van der Waals surface area contributed by atoms with Crippen molar-refractivity contribution in [3.63, 3.8) is 0 Å². The summed E-state index contributed by atoms with van der Waals surface area (Å²) in [5.74, 6) is -2.82. The van der Waals surface area contributed by atoms with Crippen molar-refractivity contribution < 1.29 is 33.8 Å². The van der Waals surface area contributed by atoms with Crippen molar-refractivity contribution in [3.05, 3.63) is 61.2 Å². The van der Waals surface area contributed by atoms with Crippen LogP contribution in [0, 0.1) is 17.8 Å². The number of carbonyl (C=O) groups is 4. The second-order valence-corrected chi connectivity index (χ2v) is 14.3. The van der Waals surface area contributed by atoms with Crippen molar-refractivity contribution in [2.24, 2.45) is 17.8 Å². The first-order valence-corrected chi connectivity index (χ1v) is 17.8. The van der Waals surface area contributed by atoms with E-state index in [2.05, 4.69) is 18.5 Å². The van der Waals surface area contributed by atoms with Gasteiger partial charge in [-0.1, -0.05) is 75.6 Å². The summed E-state index contributed by atoms with van der Waals surface area (Å²) in [6, 6.07) is 7.12. The number of allylic oxidation sites excluding steroid dienone is 1. The molecule has 1 spiro atoms. The summed E-state index contributed by atoms with van der Waals surface area (Å²) < 4.78 is 12.3. The molecule has 262 valence electrons. The zero-order valence-electron chi connectivity index (χ0n) is 28.6. The van der Waals surface area contributed by atoms with E-state index in [0.717, 1.165) is 37.7 Å². The number of nitrogens with zero attached hydrogens (tertiary/aromatic N) is 2. The topological polar surface area (TPSA) is 125 Å². The first kappa shape index (κ1) is 35.8. The fraction of sp³-hybridized carbons (Fsp3) is 0.632. The van der Waals surface area contributed by atoms with Crippen LogP contribution in [-0.2, 0) is 28.7 Å². The molecule has 3 amide bonds. The molecule has 0 radical (unpaired) electrons. The van der Waals surface area contributed by atoms with Gasteiger partial charge in [-0.25, -0.2) is 0 Å². The highest BCUT2D eigenvalue weighted by molar-refractivity contribution is 5.99. The average molecular weight is 664 g/mol. The molecule has 4 fully saturated rings. The van der Waals surface area contributed by atoms with Crippen molar-refractivity contribution in [3.8, 4) is 0 Å². The molecule has 0 unspecified atom stereocenters. The summed E-state index contributed by atoms with van der Waals surface area (Å²) in [4.78, 5) is 59.7. The molecule has 4 aliphatic rings. The molecule has 3 aliphatic heterocycles. The second kappa shape index (κ2) is 15.8. The molecule has 2 N–H and O–H groups in total. The standard InChI is InChI=1S/C38H53N3O7/c1-5-7-18-31(43)47-24-29(26-14-10-8-11-15-26)39-35(44)32-30-19-20-38(48-30)33(32)36(45)41(28(23-42)22-25(3)4)34(38)37(46)40(21-6-2)27-16-12-9-13-17-27/h5-6,8,10-11,14-15,25,27-30,32-34,42H,1-2,7,9,12-13,16-24H2,3-4H3,(H,39,44)/t28-,29-,30+,32-,33-,34+,38-/m1/s1. The molecule has 3 saturated heterocycles. The maximum Gasteiger partial charge on any atom is 0.306 e. The molecule has 1 aromatic rings. The zero-order valence-corrected chi connectivity index (χ0v) is 28.6. The number of amides is 3. The number of fused-ring (bicyclic) bond motifs is 1. The monoisotopic (exact) mass is 663 g/mol. The quantitative estimate of drug-likeness (QED) is 0.197. The first-order chi connectivity index (χ1) is 23.2. The fourth-order valence-corrected chi connectivity index (χ4v) is 8.63. The highest BCUT2D eigenvalue weighted by Gasteiger charge is 2.75. The van der Waals surface area contributed by atoms with Gasteiger partial charge in [-0.05, 0) is 50.0 Å².